The quantitative estimate of drug-likeness (QED) is 0.0152. The molecule has 3 heterocycles. The Morgan fingerprint density at radius 1 is 0.725 bits per heavy atom. The van der Waals surface area contributed by atoms with Gasteiger partial charge in [0.25, 0.3) is 56.5 Å². The Kier molecular flexibility index (Phi) is 16.7. The van der Waals surface area contributed by atoms with Crippen LogP contribution in [0.2, 0.25) is 5.02 Å². The van der Waals surface area contributed by atoms with Crippen molar-refractivity contribution in [2.45, 2.75) is 39.3 Å². The Labute approximate surface area is 465 Å². The summed E-state index contributed by atoms with van der Waals surface area (Å²) in [6, 6.07) is 13.5. The second-order valence-corrected chi connectivity index (χ2v) is 26.5. The highest BCUT2D eigenvalue weighted by molar-refractivity contribution is 7.99. The van der Waals surface area contributed by atoms with E-state index in [1.807, 2.05) is 0 Å². The van der Waals surface area contributed by atoms with Crippen molar-refractivity contribution < 1.29 is 84.2 Å². The number of thioether (sulfide) groups is 1. The lowest BCUT2D eigenvalue weighted by molar-refractivity contribution is 0.100. The van der Waals surface area contributed by atoms with E-state index in [0.29, 0.717) is 34.5 Å². The Morgan fingerprint density at radius 3 is 2.00 bits per heavy atom. The number of carbonyl (C=O) groups excluding carboxylic acids is 1. The van der Waals surface area contributed by atoms with E-state index in [1.54, 1.807) is 24.3 Å². The lowest BCUT2D eigenvalue weighted by Crippen LogP contribution is -2.15. The Morgan fingerprint density at radius 2 is 1.35 bits per heavy atom. The molecular formula is C43H37ClN10O19S7. The predicted molar refractivity (Wildman–Crippen MR) is 289 cm³/mol. The zero-order chi connectivity index (χ0) is 58.4. The summed E-state index contributed by atoms with van der Waals surface area (Å²) in [4.78, 5) is 18.4. The molecule has 3 aromatic heterocycles. The minimum Gasteiger partial charge on any atom is -0.494 e. The number of rotatable bonds is 21. The third-order valence-corrected chi connectivity index (χ3v) is 17.8. The van der Waals surface area contributed by atoms with E-state index in [4.69, 9.17) is 26.8 Å². The van der Waals surface area contributed by atoms with Gasteiger partial charge in [0.1, 0.15) is 55.2 Å². The van der Waals surface area contributed by atoms with Crippen molar-refractivity contribution in [3.05, 3.63) is 82.9 Å². The molecule has 422 valence electrons. The van der Waals surface area contributed by atoms with Gasteiger partial charge in [-0.05, 0) is 73.5 Å². The fourth-order valence-electron chi connectivity index (χ4n) is 7.71. The number of carbonyl (C=O) groups is 1. The van der Waals surface area contributed by atoms with E-state index in [9.17, 15) is 74.8 Å². The van der Waals surface area contributed by atoms with E-state index in [0.717, 1.165) is 17.8 Å². The first-order chi connectivity index (χ1) is 37.3. The van der Waals surface area contributed by atoms with Crippen molar-refractivity contribution in [3.63, 3.8) is 0 Å². The van der Waals surface area contributed by atoms with E-state index >= 15 is 0 Å². The van der Waals surface area contributed by atoms with Gasteiger partial charge in [-0.15, -0.1) is 42.4 Å². The van der Waals surface area contributed by atoms with Crippen molar-refractivity contribution in [2.24, 2.45) is 36.4 Å². The molecule has 8 aromatic rings. The molecule has 0 unspecified atom stereocenters. The summed E-state index contributed by atoms with van der Waals surface area (Å²) < 4.78 is 182. The van der Waals surface area contributed by atoms with Crippen molar-refractivity contribution in [1.82, 2.24) is 14.4 Å². The SMILES string of the molecule is COc1cc(N=Nc2cc(Cl)c(N=Nc3c(C)c(C(N)=O)c4nc5ccccc5n4c3O)cc2OCCCS(=O)(=O)O)c(SCCCS(=O)(=O)O)cc1N=Nc1nc2c(S(=O)(=O)O)cc3c(S(=O)(=O)O)cc(S(=O)(=O)O)cc3c2s1. The number of ether oxygens (including phenoxy) is 2. The van der Waals surface area contributed by atoms with Gasteiger partial charge in [-0.3, -0.25) is 32.0 Å². The van der Waals surface area contributed by atoms with Gasteiger partial charge in [0, 0.05) is 27.8 Å². The van der Waals surface area contributed by atoms with Crippen molar-refractivity contribution >= 4 is 162 Å². The molecule has 5 aromatic carbocycles. The zero-order valence-corrected chi connectivity index (χ0v) is 46.9. The molecule has 80 heavy (non-hydrogen) atoms. The maximum Gasteiger partial charge on any atom is 0.296 e. The average molecular weight is 1260 g/mol. The third kappa shape index (κ3) is 13.1. The topological polar surface area (TPSA) is 458 Å². The number of nitrogens with zero attached hydrogens (tertiary/aromatic N) is 9. The van der Waals surface area contributed by atoms with Crippen molar-refractivity contribution in [1.29, 1.82) is 0 Å². The van der Waals surface area contributed by atoms with Crippen LogP contribution < -0.4 is 15.2 Å². The molecule has 8 N–H and O–H groups in total. The number of para-hydroxylation sites is 2. The monoisotopic (exact) mass is 1260 g/mol. The van der Waals surface area contributed by atoms with E-state index in [-0.39, 0.29) is 102 Å². The highest BCUT2D eigenvalue weighted by Gasteiger charge is 2.28. The van der Waals surface area contributed by atoms with Crippen molar-refractivity contribution in [3.8, 4) is 17.4 Å². The number of halogens is 1. The number of amides is 1. The molecule has 0 aliphatic rings. The number of methoxy groups -OCH3 is 1. The number of pyridine rings is 1. The number of aromatic hydroxyl groups is 1. The van der Waals surface area contributed by atoms with Crippen LogP contribution in [0.1, 0.15) is 28.8 Å². The molecular weight excluding hydrogens is 1220 g/mol. The summed E-state index contributed by atoms with van der Waals surface area (Å²) in [6.45, 7) is 1.12. The van der Waals surface area contributed by atoms with Crippen LogP contribution in [0.4, 0.5) is 33.6 Å². The number of fused-ring (bicyclic) bond motifs is 6. The number of thiazole rings is 1. The highest BCUT2D eigenvalue weighted by atomic mass is 35.5. The highest BCUT2D eigenvalue weighted by Crippen LogP contribution is 2.46. The zero-order valence-electron chi connectivity index (χ0n) is 40.4. The maximum atomic E-state index is 12.7. The van der Waals surface area contributed by atoms with Crippen LogP contribution in [-0.4, -0.2) is 121 Å². The van der Waals surface area contributed by atoms with Crippen molar-refractivity contribution in [2.75, 3.05) is 31.0 Å². The molecule has 1 amide bonds. The molecule has 0 bridgehead atoms. The summed E-state index contributed by atoms with van der Waals surface area (Å²) >= 11 is 8.21. The van der Waals surface area contributed by atoms with Gasteiger partial charge in [-0.25, -0.2) is 9.97 Å². The van der Waals surface area contributed by atoms with E-state index in [1.165, 1.54) is 42.7 Å². The molecule has 37 heteroatoms. The molecule has 0 saturated heterocycles. The van der Waals surface area contributed by atoms with Crippen LogP contribution in [0.25, 0.3) is 37.7 Å². The smallest absolute Gasteiger partial charge is 0.296 e. The first-order valence-corrected chi connectivity index (χ1v) is 31.8. The van der Waals surface area contributed by atoms with Crippen LogP contribution in [0.5, 0.6) is 17.4 Å². The summed E-state index contributed by atoms with van der Waals surface area (Å²) in [5, 5.41) is 35.4. The van der Waals surface area contributed by atoms with Crippen LogP contribution in [0, 0.1) is 6.92 Å². The number of benzene rings is 5. The first kappa shape index (κ1) is 59.2. The molecule has 29 nitrogen and oxygen atoms in total. The first-order valence-electron chi connectivity index (χ1n) is 22.1. The Bertz CT molecular complexity index is 4590. The molecule has 0 atom stereocenters. The van der Waals surface area contributed by atoms with Gasteiger partial charge in [-0.2, -0.15) is 42.1 Å². The van der Waals surface area contributed by atoms with Crippen LogP contribution in [0.3, 0.4) is 0 Å². The number of aromatic nitrogens is 3. The average Bonchev–Trinajstić information content (AvgIpc) is 4.16. The third-order valence-electron chi connectivity index (χ3n) is 11.2. The summed E-state index contributed by atoms with van der Waals surface area (Å²) in [5.41, 5.74) is 5.61. The molecule has 0 aliphatic carbocycles. The number of nitrogens with two attached hydrogens (primary N) is 1. The van der Waals surface area contributed by atoms with E-state index in [2.05, 4.69) is 40.7 Å². The molecule has 0 saturated carbocycles. The minimum atomic E-state index is -5.32. The second-order valence-electron chi connectivity index (χ2n) is 16.6. The fraction of sp³-hybridized carbons (Fsp3) is 0.186. The lowest BCUT2D eigenvalue weighted by Gasteiger charge is -2.12. The normalized spacial score (nSPS) is 13.1. The Hall–Kier alpha value is -6.94. The number of primary amides is 1. The fourth-order valence-corrected chi connectivity index (χ4v) is 13.0. The van der Waals surface area contributed by atoms with Gasteiger partial charge >= 0.3 is 0 Å². The largest absolute Gasteiger partial charge is 0.494 e. The Balaban J connectivity index is 1.21. The molecule has 0 spiro atoms. The van der Waals surface area contributed by atoms with Gasteiger partial charge < -0.3 is 20.3 Å². The number of hydrogen-bond acceptors (Lipinski definition) is 24. The minimum absolute atomic E-state index is 0.00187. The van der Waals surface area contributed by atoms with Gasteiger partial charge in [0.2, 0.25) is 11.0 Å². The molecule has 0 radical (unpaired) electrons. The summed E-state index contributed by atoms with van der Waals surface area (Å²) in [6.07, 6.45) is -0.327. The van der Waals surface area contributed by atoms with Gasteiger partial charge in [0.05, 0.1) is 56.4 Å². The second kappa shape index (κ2) is 22.5. The predicted octanol–water partition coefficient (Wildman–Crippen LogP) is 9.04. The van der Waals surface area contributed by atoms with Crippen LogP contribution in [-0.2, 0) is 50.6 Å². The number of imidazole rings is 1. The van der Waals surface area contributed by atoms with Crippen LogP contribution >= 0.6 is 34.7 Å². The number of azo groups is 3. The summed E-state index contributed by atoms with van der Waals surface area (Å²) in [5.74, 6) is -2.89. The number of hydrogen-bond donors (Lipinski definition) is 7. The standard InChI is InChI=1S/C43H37ClN10O19S7/c1-20-36(40(45)55)41-46-25-7-3-4-8-30(25)54(41)42(56)37(20)52-48-26-17-32(73-9-5-11-76(57,58)59)27(16-24(26)44)49-51-29-18-31(72-2)28(19-33(29)74-10-6-12-77(60,61)62)50-53-43-47-38-35(80(69,70)71)15-22-23(39(38)75-43)13-21(78(63,64)65)14-34(22)79(66,67)68/h3-4,7-8,13-19,56H,5-6,9-12H2,1-2H3,(H2,45,55)(H,57,58,59)(H,60,61,62)(H,63,64,65)(H,66,67,68)(H,69,70,71). The molecule has 0 aliphatic heterocycles. The lowest BCUT2D eigenvalue weighted by atomic mass is 10.1. The van der Waals surface area contributed by atoms with E-state index < -0.39 is 105 Å². The summed E-state index contributed by atoms with van der Waals surface area (Å²) in [7, 11) is -23.3. The molecule has 8 rings (SSSR count). The molecule has 0 fully saturated rings. The maximum absolute atomic E-state index is 12.7. The van der Waals surface area contributed by atoms with Gasteiger partial charge in [-0.1, -0.05) is 35.1 Å². The van der Waals surface area contributed by atoms with Crippen LogP contribution in [0.15, 0.2) is 117 Å². The van der Waals surface area contributed by atoms with Gasteiger partial charge in [0.15, 0.2) is 5.65 Å².